The number of fused-ring (bicyclic) bond motifs is 1. The molecule has 3 rings (SSSR count). The minimum atomic E-state index is -0.271. The van der Waals surface area contributed by atoms with Gasteiger partial charge in [0.25, 0.3) is 5.91 Å². The van der Waals surface area contributed by atoms with Crippen molar-refractivity contribution in [1.82, 2.24) is 9.97 Å². The number of carbonyl (C=O) groups excluding carboxylic acids is 2. The zero-order valence-corrected chi connectivity index (χ0v) is 20.0. The van der Waals surface area contributed by atoms with Gasteiger partial charge in [-0.15, -0.1) is 0 Å². The molecule has 2 heterocycles. The van der Waals surface area contributed by atoms with Crippen molar-refractivity contribution in [1.29, 1.82) is 0 Å². The van der Waals surface area contributed by atoms with Gasteiger partial charge in [-0.05, 0) is 36.4 Å². The summed E-state index contributed by atoms with van der Waals surface area (Å²) in [6.07, 6.45) is 1.54. The van der Waals surface area contributed by atoms with Crippen LogP contribution in [0.2, 0.25) is 0 Å². The fraction of sp³-hybridized carbons (Fsp3) is 0.400. The van der Waals surface area contributed by atoms with Crippen LogP contribution in [0, 0.1) is 0 Å². The van der Waals surface area contributed by atoms with Crippen LogP contribution in [0.15, 0.2) is 42.6 Å². The minimum Gasteiger partial charge on any atom is -0.491 e. The summed E-state index contributed by atoms with van der Waals surface area (Å²) < 4.78 is 26.7. The van der Waals surface area contributed by atoms with E-state index in [1.54, 1.807) is 49.7 Å². The second-order valence-electron chi connectivity index (χ2n) is 7.56. The summed E-state index contributed by atoms with van der Waals surface area (Å²) in [4.78, 5) is 31.3. The van der Waals surface area contributed by atoms with E-state index >= 15 is 0 Å². The number of carbonyl (C=O) groups is 2. The summed E-state index contributed by atoms with van der Waals surface area (Å²) >= 11 is 0. The lowest BCUT2D eigenvalue weighted by atomic mass is 10.2. The maximum Gasteiger partial charge on any atom is 0.255 e. The largest absolute Gasteiger partial charge is 0.491 e. The molecule has 188 valence electrons. The number of benzene rings is 1. The predicted octanol–water partition coefficient (Wildman–Crippen LogP) is 3.09. The van der Waals surface area contributed by atoms with Crippen LogP contribution in [-0.4, -0.2) is 81.6 Å². The van der Waals surface area contributed by atoms with Crippen molar-refractivity contribution in [2.75, 3.05) is 65.3 Å². The second kappa shape index (κ2) is 14.2. The second-order valence-corrected chi connectivity index (χ2v) is 7.56. The maximum atomic E-state index is 12.6. The van der Waals surface area contributed by atoms with Crippen molar-refractivity contribution in [2.24, 2.45) is 0 Å². The van der Waals surface area contributed by atoms with E-state index in [1.165, 1.54) is 6.92 Å². The zero-order valence-electron chi connectivity index (χ0n) is 20.0. The first kappa shape index (κ1) is 26.3. The Morgan fingerprint density at radius 2 is 1.51 bits per heavy atom. The van der Waals surface area contributed by atoms with Gasteiger partial charge in [-0.1, -0.05) is 0 Å². The monoisotopic (exact) mass is 485 g/mol. The van der Waals surface area contributed by atoms with Crippen LogP contribution in [0.4, 0.5) is 5.69 Å². The lowest BCUT2D eigenvalue weighted by Crippen LogP contribution is -2.14. The van der Waals surface area contributed by atoms with E-state index in [1.807, 2.05) is 0 Å². The Labute approximate surface area is 203 Å². The number of Topliss-reactive ketones (excluding diaryl/α,β-unsaturated/α-hetero) is 1. The first-order valence-corrected chi connectivity index (χ1v) is 11.3. The van der Waals surface area contributed by atoms with Gasteiger partial charge < -0.3 is 34.0 Å². The van der Waals surface area contributed by atoms with Crippen LogP contribution in [0.1, 0.15) is 27.8 Å². The van der Waals surface area contributed by atoms with Crippen molar-refractivity contribution in [3.8, 4) is 5.75 Å². The summed E-state index contributed by atoms with van der Waals surface area (Å²) in [5, 5.41) is 3.56. The topological polar surface area (TPSA) is 121 Å². The average Bonchev–Trinajstić information content (AvgIpc) is 3.29. The molecule has 2 N–H and O–H groups in total. The molecule has 0 saturated heterocycles. The standard InChI is InChI=1S/C25H31N3O7/c1-18(29)23-16-20-15-21(17-26-24(20)28-23)27-25(30)19-3-5-22(6-4-19)35-14-13-34-12-11-33-10-9-32-8-7-31-2/h3-6,15-17H,7-14H2,1-2H3,(H,26,28)(H,27,30). The third-order valence-corrected chi connectivity index (χ3v) is 4.90. The highest BCUT2D eigenvalue weighted by molar-refractivity contribution is 6.05. The fourth-order valence-corrected chi connectivity index (χ4v) is 3.08. The number of hydrogen-bond acceptors (Lipinski definition) is 8. The fourth-order valence-electron chi connectivity index (χ4n) is 3.08. The lowest BCUT2D eigenvalue weighted by molar-refractivity contribution is 0.000164. The molecule has 0 aliphatic carbocycles. The van der Waals surface area contributed by atoms with Gasteiger partial charge in [0.2, 0.25) is 0 Å². The highest BCUT2D eigenvalue weighted by Gasteiger charge is 2.10. The summed E-state index contributed by atoms with van der Waals surface area (Å²) in [5.41, 5.74) is 2.09. The van der Waals surface area contributed by atoms with Crippen molar-refractivity contribution < 1.29 is 33.3 Å². The van der Waals surface area contributed by atoms with Crippen LogP contribution in [0.5, 0.6) is 5.75 Å². The molecule has 1 aromatic carbocycles. The molecule has 0 aliphatic heterocycles. The number of aromatic amines is 1. The van der Waals surface area contributed by atoms with Crippen molar-refractivity contribution in [2.45, 2.75) is 6.92 Å². The quantitative estimate of drug-likeness (QED) is 0.235. The Kier molecular flexibility index (Phi) is 10.6. The SMILES string of the molecule is COCCOCCOCCOCCOc1ccc(C(=O)Nc2cnc3[nH]c(C(C)=O)cc3c2)cc1. The number of ketones is 1. The molecule has 2 aromatic heterocycles. The van der Waals surface area contributed by atoms with E-state index < -0.39 is 0 Å². The Morgan fingerprint density at radius 3 is 2.14 bits per heavy atom. The van der Waals surface area contributed by atoms with Crippen LogP contribution in [-0.2, 0) is 18.9 Å². The lowest BCUT2D eigenvalue weighted by Gasteiger charge is -2.09. The van der Waals surface area contributed by atoms with Gasteiger partial charge in [0.1, 0.15) is 18.0 Å². The number of hydrogen-bond donors (Lipinski definition) is 2. The van der Waals surface area contributed by atoms with E-state index in [2.05, 4.69) is 15.3 Å². The van der Waals surface area contributed by atoms with Gasteiger partial charge in [0.05, 0.1) is 63.8 Å². The summed E-state index contributed by atoms with van der Waals surface area (Å²) in [7, 11) is 1.63. The zero-order chi connectivity index (χ0) is 24.9. The normalized spacial score (nSPS) is 11.0. The van der Waals surface area contributed by atoms with Crippen molar-refractivity contribution in [3.05, 3.63) is 53.9 Å². The number of H-pyrrole nitrogens is 1. The van der Waals surface area contributed by atoms with Crippen molar-refractivity contribution >= 4 is 28.4 Å². The molecule has 1 amide bonds. The van der Waals surface area contributed by atoms with Gasteiger partial charge >= 0.3 is 0 Å². The molecule has 0 radical (unpaired) electrons. The minimum absolute atomic E-state index is 0.0768. The Hall–Kier alpha value is -3.31. The number of amides is 1. The molecule has 0 bridgehead atoms. The number of ether oxygens (including phenoxy) is 5. The van der Waals surface area contributed by atoms with Gasteiger partial charge in [-0.2, -0.15) is 0 Å². The van der Waals surface area contributed by atoms with E-state index in [0.717, 1.165) is 5.39 Å². The molecule has 0 spiro atoms. The third kappa shape index (κ3) is 8.76. The van der Waals surface area contributed by atoms with Gasteiger partial charge in [-0.25, -0.2) is 4.98 Å². The number of rotatable bonds is 16. The highest BCUT2D eigenvalue weighted by Crippen LogP contribution is 2.19. The van der Waals surface area contributed by atoms with Gasteiger partial charge in [0, 0.05) is 25.0 Å². The maximum absolute atomic E-state index is 12.6. The Balaban J connectivity index is 1.33. The Morgan fingerprint density at radius 1 is 0.886 bits per heavy atom. The number of aromatic nitrogens is 2. The molecule has 0 fully saturated rings. The third-order valence-electron chi connectivity index (χ3n) is 4.90. The van der Waals surface area contributed by atoms with Crippen LogP contribution < -0.4 is 10.1 Å². The molecule has 10 heteroatoms. The van der Waals surface area contributed by atoms with E-state index in [4.69, 9.17) is 23.7 Å². The van der Waals surface area contributed by atoms with E-state index in [-0.39, 0.29) is 11.7 Å². The van der Waals surface area contributed by atoms with Crippen LogP contribution in [0.25, 0.3) is 11.0 Å². The van der Waals surface area contributed by atoms with E-state index in [0.29, 0.717) is 81.2 Å². The number of pyridine rings is 1. The number of nitrogens with zero attached hydrogens (tertiary/aromatic N) is 1. The molecule has 0 saturated carbocycles. The number of anilines is 1. The van der Waals surface area contributed by atoms with E-state index in [9.17, 15) is 9.59 Å². The smallest absolute Gasteiger partial charge is 0.255 e. The van der Waals surface area contributed by atoms with Crippen molar-refractivity contribution in [3.63, 3.8) is 0 Å². The molecule has 10 nitrogen and oxygen atoms in total. The molecule has 0 atom stereocenters. The number of nitrogens with one attached hydrogen (secondary N) is 2. The Bertz CT molecular complexity index is 1080. The first-order chi connectivity index (χ1) is 17.1. The van der Waals surface area contributed by atoms with Gasteiger partial charge in [0.15, 0.2) is 5.78 Å². The summed E-state index contributed by atoms with van der Waals surface area (Å²) in [6, 6.07) is 10.3. The van der Waals surface area contributed by atoms with Crippen LogP contribution in [0.3, 0.4) is 0 Å². The van der Waals surface area contributed by atoms with Crippen LogP contribution >= 0.6 is 0 Å². The molecule has 0 unspecified atom stereocenters. The number of methoxy groups -OCH3 is 1. The summed E-state index contributed by atoms with van der Waals surface area (Å²) in [6.45, 7) is 5.43. The molecular weight excluding hydrogens is 454 g/mol. The average molecular weight is 486 g/mol. The molecule has 3 aromatic rings. The predicted molar refractivity (Wildman–Crippen MR) is 130 cm³/mol. The molecular formula is C25H31N3O7. The summed E-state index contributed by atoms with van der Waals surface area (Å²) in [5.74, 6) is 0.293. The highest BCUT2D eigenvalue weighted by atomic mass is 16.6. The van der Waals surface area contributed by atoms with Gasteiger partial charge in [-0.3, -0.25) is 9.59 Å². The molecule has 35 heavy (non-hydrogen) atoms. The first-order valence-electron chi connectivity index (χ1n) is 11.3. The molecule has 0 aliphatic rings.